The first-order valence-corrected chi connectivity index (χ1v) is 6.11. The van der Waals surface area contributed by atoms with Crippen LogP contribution in [0.15, 0.2) is 18.2 Å². The van der Waals surface area contributed by atoms with E-state index in [4.69, 9.17) is 5.73 Å². The Kier molecular flexibility index (Phi) is 3.82. The van der Waals surface area contributed by atoms with Gasteiger partial charge in [0.05, 0.1) is 17.7 Å². The highest BCUT2D eigenvalue weighted by Gasteiger charge is 2.38. The molecule has 3 N–H and O–H groups in total. The highest BCUT2D eigenvalue weighted by Crippen LogP contribution is 2.39. The van der Waals surface area contributed by atoms with Crippen LogP contribution < -0.4 is 5.73 Å². The molecule has 1 aromatic rings. The van der Waals surface area contributed by atoms with Crippen molar-refractivity contribution in [1.29, 1.82) is 0 Å². The van der Waals surface area contributed by atoms with Gasteiger partial charge in [0.15, 0.2) is 0 Å². The minimum absolute atomic E-state index is 0.0978. The lowest BCUT2D eigenvalue weighted by Gasteiger charge is -2.34. The minimum atomic E-state index is -4.61. The van der Waals surface area contributed by atoms with E-state index in [0.29, 0.717) is 6.07 Å². The summed E-state index contributed by atoms with van der Waals surface area (Å²) < 4.78 is 51.7. The van der Waals surface area contributed by atoms with Crippen LogP contribution in [0.2, 0.25) is 0 Å². The summed E-state index contributed by atoms with van der Waals surface area (Å²) in [6, 6.07) is 0.944. The van der Waals surface area contributed by atoms with Gasteiger partial charge in [0, 0.05) is 0 Å². The van der Waals surface area contributed by atoms with Gasteiger partial charge in [-0.15, -0.1) is 0 Å². The first kappa shape index (κ1) is 14.3. The number of halogens is 4. The largest absolute Gasteiger partial charge is 0.416 e. The molecule has 0 spiro atoms. The maximum absolute atomic E-state index is 13.2. The number of aliphatic hydroxyl groups excluding tert-OH is 1. The molecule has 106 valence electrons. The Hall–Kier alpha value is -1.14. The highest BCUT2D eigenvalue weighted by molar-refractivity contribution is 5.33. The van der Waals surface area contributed by atoms with Gasteiger partial charge in [0.2, 0.25) is 0 Å². The van der Waals surface area contributed by atoms with E-state index in [9.17, 15) is 22.7 Å². The molecule has 1 aromatic carbocycles. The van der Waals surface area contributed by atoms with Crippen molar-refractivity contribution in [3.05, 3.63) is 35.1 Å². The quantitative estimate of drug-likeness (QED) is 0.834. The van der Waals surface area contributed by atoms with Crippen molar-refractivity contribution in [1.82, 2.24) is 0 Å². The van der Waals surface area contributed by atoms with Gasteiger partial charge in [-0.05, 0) is 42.5 Å². The van der Waals surface area contributed by atoms with Crippen molar-refractivity contribution in [2.24, 2.45) is 11.7 Å². The molecule has 0 saturated heterocycles. The summed E-state index contributed by atoms with van der Waals surface area (Å²) in [5.74, 6) is -0.890. The molecule has 0 bridgehead atoms. The molecule has 1 aliphatic carbocycles. The van der Waals surface area contributed by atoms with E-state index in [2.05, 4.69) is 0 Å². The summed E-state index contributed by atoms with van der Waals surface area (Å²) in [5, 5.41) is 9.96. The fourth-order valence-corrected chi connectivity index (χ4v) is 2.33. The van der Waals surface area contributed by atoms with Gasteiger partial charge in [0.25, 0.3) is 0 Å². The van der Waals surface area contributed by atoms with E-state index in [1.807, 2.05) is 0 Å². The number of benzene rings is 1. The molecule has 0 heterocycles. The molecule has 1 fully saturated rings. The predicted octanol–water partition coefficient (Wildman–Crippen LogP) is 3.01. The fraction of sp³-hybridized carbons (Fsp3) is 0.538. The molecule has 6 heteroatoms. The zero-order chi connectivity index (χ0) is 14.2. The minimum Gasteiger partial charge on any atom is -0.391 e. The lowest BCUT2D eigenvalue weighted by Crippen LogP contribution is -2.37. The SMILES string of the molecule is N[C@@H](c1cc(F)ccc1C(F)(F)F)[C@H](O)C1CCC1. The molecule has 2 atom stereocenters. The molecule has 0 aliphatic heterocycles. The summed E-state index contributed by atoms with van der Waals surface area (Å²) in [6.07, 6.45) is -3.27. The fourth-order valence-electron chi connectivity index (χ4n) is 2.33. The second kappa shape index (κ2) is 5.09. The predicted molar refractivity (Wildman–Crippen MR) is 61.7 cm³/mol. The molecule has 0 amide bonds. The van der Waals surface area contributed by atoms with Crippen LogP contribution >= 0.6 is 0 Å². The van der Waals surface area contributed by atoms with Crippen LogP contribution in [-0.2, 0) is 6.18 Å². The van der Waals surface area contributed by atoms with Gasteiger partial charge in [-0.2, -0.15) is 13.2 Å². The molecule has 2 rings (SSSR count). The first-order valence-electron chi connectivity index (χ1n) is 6.11. The zero-order valence-corrected chi connectivity index (χ0v) is 10.1. The van der Waals surface area contributed by atoms with Gasteiger partial charge < -0.3 is 10.8 Å². The van der Waals surface area contributed by atoms with Crippen LogP contribution in [0.4, 0.5) is 17.6 Å². The second-order valence-electron chi connectivity index (χ2n) is 4.94. The standard InChI is InChI=1S/C13H15F4NO/c14-8-4-5-10(13(15,16)17)9(6-8)11(18)12(19)7-2-1-3-7/h4-7,11-12,19H,1-3,18H2/t11-,12+/m0/s1. The number of alkyl halides is 3. The summed E-state index contributed by atoms with van der Waals surface area (Å²) in [6.45, 7) is 0. The Labute approximate surface area is 108 Å². The molecular formula is C13H15F4NO. The highest BCUT2D eigenvalue weighted by atomic mass is 19.4. The molecule has 2 nitrogen and oxygen atoms in total. The van der Waals surface area contributed by atoms with Gasteiger partial charge >= 0.3 is 6.18 Å². The topological polar surface area (TPSA) is 46.2 Å². The second-order valence-corrected chi connectivity index (χ2v) is 4.94. The molecule has 1 aliphatic rings. The molecule has 1 saturated carbocycles. The van der Waals surface area contributed by atoms with Crippen molar-refractivity contribution in [3.63, 3.8) is 0 Å². The third-order valence-electron chi connectivity index (χ3n) is 3.68. The van der Waals surface area contributed by atoms with Gasteiger partial charge in [-0.25, -0.2) is 4.39 Å². The van der Waals surface area contributed by atoms with Crippen LogP contribution in [0.3, 0.4) is 0 Å². The number of rotatable bonds is 3. The maximum atomic E-state index is 13.2. The summed E-state index contributed by atoms with van der Waals surface area (Å²) in [5.41, 5.74) is 4.33. The maximum Gasteiger partial charge on any atom is 0.416 e. The lowest BCUT2D eigenvalue weighted by molar-refractivity contribution is -0.138. The summed E-state index contributed by atoms with van der Waals surface area (Å²) in [4.78, 5) is 0. The van der Waals surface area contributed by atoms with E-state index >= 15 is 0 Å². The normalized spacial score (nSPS) is 19.9. The van der Waals surface area contributed by atoms with Crippen LogP contribution in [0.5, 0.6) is 0 Å². The monoisotopic (exact) mass is 277 g/mol. The molecule has 0 unspecified atom stereocenters. The van der Waals surface area contributed by atoms with E-state index < -0.39 is 29.7 Å². The third kappa shape index (κ3) is 2.90. The zero-order valence-electron chi connectivity index (χ0n) is 10.1. The average Bonchev–Trinajstić information content (AvgIpc) is 2.23. The molecular weight excluding hydrogens is 262 g/mol. The van der Waals surface area contributed by atoms with Crippen LogP contribution in [-0.4, -0.2) is 11.2 Å². The van der Waals surface area contributed by atoms with Gasteiger partial charge in [-0.1, -0.05) is 6.42 Å². The van der Waals surface area contributed by atoms with Gasteiger partial charge in [-0.3, -0.25) is 0 Å². The smallest absolute Gasteiger partial charge is 0.391 e. The van der Waals surface area contributed by atoms with Crippen molar-refractivity contribution in [3.8, 4) is 0 Å². The number of hydrogen-bond donors (Lipinski definition) is 2. The molecule has 19 heavy (non-hydrogen) atoms. The number of aliphatic hydroxyl groups is 1. The lowest BCUT2D eigenvalue weighted by atomic mass is 9.77. The Morgan fingerprint density at radius 1 is 1.26 bits per heavy atom. The van der Waals surface area contributed by atoms with Crippen molar-refractivity contribution < 1.29 is 22.7 Å². The van der Waals surface area contributed by atoms with E-state index in [1.165, 1.54) is 0 Å². The van der Waals surface area contributed by atoms with Gasteiger partial charge in [0.1, 0.15) is 5.82 Å². The van der Waals surface area contributed by atoms with E-state index in [-0.39, 0.29) is 11.5 Å². The van der Waals surface area contributed by atoms with Crippen LogP contribution in [0.25, 0.3) is 0 Å². The number of nitrogens with two attached hydrogens (primary N) is 1. The third-order valence-corrected chi connectivity index (χ3v) is 3.68. The molecule has 0 radical (unpaired) electrons. The van der Waals surface area contributed by atoms with Crippen LogP contribution in [0, 0.1) is 11.7 Å². The number of hydrogen-bond acceptors (Lipinski definition) is 2. The summed E-state index contributed by atoms with van der Waals surface area (Å²) in [7, 11) is 0. The van der Waals surface area contributed by atoms with Crippen molar-refractivity contribution in [2.75, 3.05) is 0 Å². The summed E-state index contributed by atoms with van der Waals surface area (Å²) >= 11 is 0. The average molecular weight is 277 g/mol. The Morgan fingerprint density at radius 3 is 2.37 bits per heavy atom. The Morgan fingerprint density at radius 2 is 1.89 bits per heavy atom. The van der Waals surface area contributed by atoms with Crippen LogP contribution in [0.1, 0.15) is 36.4 Å². The van der Waals surface area contributed by atoms with Crippen molar-refractivity contribution in [2.45, 2.75) is 37.6 Å². The van der Waals surface area contributed by atoms with E-state index in [0.717, 1.165) is 31.4 Å². The Balaban J connectivity index is 2.33. The Bertz CT molecular complexity index is 456. The first-order chi connectivity index (χ1) is 8.80. The van der Waals surface area contributed by atoms with E-state index in [1.54, 1.807) is 0 Å². The van der Waals surface area contributed by atoms with Crippen molar-refractivity contribution >= 4 is 0 Å². The molecule has 0 aromatic heterocycles.